The van der Waals surface area contributed by atoms with Crippen molar-refractivity contribution in [3.63, 3.8) is 0 Å². The van der Waals surface area contributed by atoms with Crippen LogP contribution in [0.5, 0.6) is 0 Å². The number of hydrogen-bond donors (Lipinski definition) is 0. The summed E-state index contributed by atoms with van der Waals surface area (Å²) in [4.78, 5) is 8.57. The summed E-state index contributed by atoms with van der Waals surface area (Å²) in [7, 11) is 0. The number of hydrogen-bond acceptors (Lipinski definition) is 3. The van der Waals surface area contributed by atoms with Crippen LogP contribution in [0.15, 0.2) is 48.5 Å². The summed E-state index contributed by atoms with van der Waals surface area (Å²) in [6.07, 6.45) is -4.41. The van der Waals surface area contributed by atoms with Gasteiger partial charge in [0.05, 0.1) is 16.8 Å². The van der Waals surface area contributed by atoms with Crippen molar-refractivity contribution >= 4 is 34.0 Å². The number of rotatable bonds is 2. The Hall–Kier alpha value is -2.47. The van der Waals surface area contributed by atoms with Crippen molar-refractivity contribution in [3.05, 3.63) is 64.7 Å². The van der Waals surface area contributed by atoms with Crippen LogP contribution >= 0.6 is 11.6 Å². The Morgan fingerprint density at radius 2 is 1.61 bits per heavy atom. The van der Waals surface area contributed by atoms with Crippen molar-refractivity contribution in [2.75, 3.05) is 36.0 Å². The molecule has 0 radical (unpaired) electrons. The van der Waals surface area contributed by atoms with Crippen molar-refractivity contribution in [1.82, 2.24) is 4.98 Å². The Kier molecular flexibility index (Phi) is 4.83. The van der Waals surface area contributed by atoms with Gasteiger partial charge in [0.15, 0.2) is 0 Å². The predicted molar refractivity (Wildman–Crippen MR) is 107 cm³/mol. The number of fused-ring (bicyclic) bond motifs is 1. The van der Waals surface area contributed by atoms with Crippen LogP contribution < -0.4 is 9.80 Å². The van der Waals surface area contributed by atoms with Crippen molar-refractivity contribution in [1.29, 1.82) is 0 Å². The third-order valence-corrected chi connectivity index (χ3v) is 5.27. The monoisotopic (exact) mass is 405 g/mol. The first kappa shape index (κ1) is 18.9. The maximum atomic E-state index is 13.4. The lowest BCUT2D eigenvalue weighted by Gasteiger charge is -2.37. The zero-order valence-corrected chi connectivity index (χ0v) is 16.1. The Morgan fingerprint density at radius 1 is 0.893 bits per heavy atom. The van der Waals surface area contributed by atoms with E-state index in [1.807, 2.05) is 31.2 Å². The van der Waals surface area contributed by atoms with Gasteiger partial charge in [-0.3, -0.25) is 0 Å². The fourth-order valence-corrected chi connectivity index (χ4v) is 3.76. The Morgan fingerprint density at radius 3 is 2.32 bits per heavy atom. The van der Waals surface area contributed by atoms with Crippen LogP contribution in [-0.2, 0) is 6.18 Å². The van der Waals surface area contributed by atoms with Crippen molar-refractivity contribution in [2.45, 2.75) is 13.1 Å². The average Bonchev–Trinajstić information content (AvgIpc) is 2.66. The van der Waals surface area contributed by atoms with E-state index in [2.05, 4.69) is 11.0 Å². The largest absolute Gasteiger partial charge is 0.418 e. The van der Waals surface area contributed by atoms with E-state index in [-0.39, 0.29) is 5.69 Å². The maximum Gasteiger partial charge on any atom is 0.418 e. The van der Waals surface area contributed by atoms with Crippen molar-refractivity contribution in [3.8, 4) is 0 Å². The van der Waals surface area contributed by atoms with Gasteiger partial charge in [-0.2, -0.15) is 13.2 Å². The van der Waals surface area contributed by atoms with Gasteiger partial charge in [0.1, 0.15) is 5.82 Å². The highest BCUT2D eigenvalue weighted by atomic mass is 35.5. The lowest BCUT2D eigenvalue weighted by molar-refractivity contribution is -0.137. The first-order chi connectivity index (χ1) is 13.3. The summed E-state index contributed by atoms with van der Waals surface area (Å²) in [5.74, 6) is 0.846. The van der Waals surface area contributed by atoms with Crippen molar-refractivity contribution in [2.24, 2.45) is 0 Å². The van der Waals surface area contributed by atoms with Gasteiger partial charge >= 0.3 is 6.18 Å². The average molecular weight is 406 g/mol. The van der Waals surface area contributed by atoms with Gasteiger partial charge < -0.3 is 9.80 Å². The second-order valence-electron chi connectivity index (χ2n) is 7.00. The lowest BCUT2D eigenvalue weighted by atomic mass is 10.1. The fourth-order valence-electron chi connectivity index (χ4n) is 3.59. The van der Waals surface area contributed by atoms with E-state index in [4.69, 9.17) is 16.6 Å². The molecule has 0 N–H and O–H groups in total. The smallest absolute Gasteiger partial charge is 0.367 e. The van der Waals surface area contributed by atoms with Crippen LogP contribution in [0, 0.1) is 6.92 Å². The first-order valence-corrected chi connectivity index (χ1v) is 9.43. The SMILES string of the molecule is Cc1ccc2nc(N3CCN(c4cc(Cl)ccc4C(F)(F)F)CC3)ccc2c1. The summed E-state index contributed by atoms with van der Waals surface area (Å²) in [5, 5.41) is 1.38. The second kappa shape index (κ2) is 7.17. The fraction of sp³-hybridized carbons (Fsp3) is 0.286. The van der Waals surface area contributed by atoms with Gasteiger partial charge in [-0.15, -0.1) is 0 Å². The summed E-state index contributed by atoms with van der Waals surface area (Å²) < 4.78 is 40.1. The molecule has 0 aliphatic carbocycles. The maximum absolute atomic E-state index is 13.4. The second-order valence-corrected chi connectivity index (χ2v) is 7.44. The number of nitrogens with zero attached hydrogens (tertiary/aromatic N) is 3. The highest BCUT2D eigenvalue weighted by molar-refractivity contribution is 6.30. The number of pyridine rings is 1. The lowest BCUT2D eigenvalue weighted by Crippen LogP contribution is -2.47. The van der Waals surface area contributed by atoms with Gasteiger partial charge in [-0.1, -0.05) is 23.2 Å². The molecule has 0 unspecified atom stereocenters. The number of alkyl halides is 3. The van der Waals surface area contributed by atoms with E-state index in [1.54, 1.807) is 4.90 Å². The summed E-state index contributed by atoms with van der Waals surface area (Å²) in [6, 6.07) is 13.8. The number of halogens is 4. The highest BCUT2D eigenvalue weighted by Crippen LogP contribution is 2.38. The molecule has 0 atom stereocenters. The predicted octanol–water partition coefficient (Wildman–Crippen LogP) is 5.54. The Bertz CT molecular complexity index is 1010. The number of piperazine rings is 1. The van der Waals surface area contributed by atoms with Crippen LogP contribution in [0.4, 0.5) is 24.7 Å². The first-order valence-electron chi connectivity index (χ1n) is 9.05. The number of aromatic nitrogens is 1. The van der Waals surface area contributed by atoms with Crippen LogP contribution in [0.25, 0.3) is 10.9 Å². The number of aryl methyl sites for hydroxylation is 1. The van der Waals surface area contributed by atoms with Crippen molar-refractivity contribution < 1.29 is 13.2 Å². The van der Waals surface area contributed by atoms with Gasteiger partial charge in [0.25, 0.3) is 0 Å². The molecule has 3 nitrogen and oxygen atoms in total. The Balaban J connectivity index is 1.54. The summed E-state index contributed by atoms with van der Waals surface area (Å²) >= 11 is 5.96. The molecule has 2 aromatic carbocycles. The van der Waals surface area contributed by atoms with Gasteiger partial charge in [0.2, 0.25) is 0 Å². The number of benzene rings is 2. The topological polar surface area (TPSA) is 19.4 Å². The molecule has 1 aliphatic heterocycles. The molecule has 7 heteroatoms. The molecular formula is C21H19ClF3N3. The molecule has 1 saturated heterocycles. The Labute approximate surface area is 166 Å². The summed E-state index contributed by atoms with van der Waals surface area (Å²) in [5.41, 5.74) is 1.59. The molecule has 4 rings (SSSR count). The minimum Gasteiger partial charge on any atom is -0.367 e. The number of anilines is 2. The van der Waals surface area contributed by atoms with Crippen LogP contribution in [-0.4, -0.2) is 31.2 Å². The van der Waals surface area contributed by atoms with Crippen LogP contribution in [0.1, 0.15) is 11.1 Å². The van der Waals surface area contributed by atoms with E-state index in [0.29, 0.717) is 31.2 Å². The van der Waals surface area contributed by atoms with E-state index in [9.17, 15) is 13.2 Å². The van der Waals surface area contributed by atoms with E-state index >= 15 is 0 Å². The highest BCUT2D eigenvalue weighted by Gasteiger charge is 2.35. The van der Waals surface area contributed by atoms with Gasteiger partial charge in [0, 0.05) is 36.6 Å². The molecule has 146 valence electrons. The molecule has 3 aromatic rings. The molecule has 0 saturated carbocycles. The minimum atomic E-state index is -4.41. The zero-order chi connectivity index (χ0) is 19.9. The van der Waals surface area contributed by atoms with E-state index in [0.717, 1.165) is 22.8 Å². The van der Waals surface area contributed by atoms with Crippen LogP contribution in [0.3, 0.4) is 0 Å². The molecular weight excluding hydrogens is 387 g/mol. The molecule has 0 bridgehead atoms. The standard InChI is InChI=1S/C21H19ClF3N3/c1-14-2-6-18-15(12-14)3-7-20(26-18)28-10-8-27(9-11-28)19-13-16(22)4-5-17(19)21(23,24)25/h2-7,12-13H,8-11H2,1H3. The molecule has 1 fully saturated rings. The molecule has 0 spiro atoms. The minimum absolute atomic E-state index is 0.140. The van der Waals surface area contributed by atoms with Gasteiger partial charge in [-0.05, 0) is 49.4 Å². The zero-order valence-electron chi connectivity index (χ0n) is 15.3. The van der Waals surface area contributed by atoms with Crippen LogP contribution in [0.2, 0.25) is 5.02 Å². The molecule has 28 heavy (non-hydrogen) atoms. The third kappa shape index (κ3) is 3.74. The van der Waals surface area contributed by atoms with E-state index < -0.39 is 11.7 Å². The molecule has 1 aliphatic rings. The summed E-state index contributed by atoms with van der Waals surface area (Å²) in [6.45, 7) is 4.16. The normalized spacial score (nSPS) is 15.3. The quantitative estimate of drug-likeness (QED) is 0.558. The molecule has 2 heterocycles. The third-order valence-electron chi connectivity index (χ3n) is 5.04. The molecule has 1 aromatic heterocycles. The molecule has 0 amide bonds. The van der Waals surface area contributed by atoms with Gasteiger partial charge in [-0.25, -0.2) is 4.98 Å². The van der Waals surface area contributed by atoms with E-state index in [1.165, 1.54) is 17.7 Å².